The summed E-state index contributed by atoms with van der Waals surface area (Å²) < 4.78 is 2.43. The quantitative estimate of drug-likeness (QED) is 0.367. The van der Waals surface area contributed by atoms with E-state index in [1.807, 2.05) is 0 Å². The Hall–Kier alpha value is -4.44. The van der Waals surface area contributed by atoms with Crippen molar-refractivity contribution >= 4 is 44.2 Å². The summed E-state index contributed by atoms with van der Waals surface area (Å²) in [4.78, 5) is 12.8. The zero-order chi connectivity index (χ0) is 23.1. The highest BCUT2D eigenvalue weighted by Gasteiger charge is 2.39. The highest BCUT2D eigenvalue weighted by molar-refractivity contribution is 6.11. The molecule has 4 heterocycles. The van der Waals surface area contributed by atoms with Crippen molar-refractivity contribution in [3.63, 3.8) is 0 Å². The zero-order valence-electron chi connectivity index (χ0n) is 19.3. The van der Waals surface area contributed by atoms with Crippen molar-refractivity contribution in [2.24, 2.45) is 4.99 Å². The van der Waals surface area contributed by atoms with Gasteiger partial charge in [-0.1, -0.05) is 78.9 Å². The first kappa shape index (κ1) is 18.9. The number of rotatable bonds is 1. The molecule has 0 saturated heterocycles. The number of pyridine rings is 1. The fourth-order valence-corrected chi connectivity index (χ4v) is 6.12. The summed E-state index contributed by atoms with van der Waals surface area (Å²) in [5.74, 6) is 0. The Bertz CT molecular complexity index is 1940. The maximum Gasteiger partial charge on any atom is 0.132 e. The van der Waals surface area contributed by atoms with Gasteiger partial charge in [0.2, 0.25) is 0 Å². The third-order valence-electron chi connectivity index (χ3n) is 7.64. The Morgan fingerprint density at radius 1 is 0.800 bits per heavy atom. The van der Waals surface area contributed by atoms with E-state index in [9.17, 15) is 0 Å². The molecule has 0 radical (unpaired) electrons. The second-order valence-electron chi connectivity index (χ2n) is 9.48. The molecule has 2 unspecified atom stereocenters. The molecule has 1 aliphatic carbocycles. The molecule has 5 aromatic rings. The van der Waals surface area contributed by atoms with E-state index in [0.29, 0.717) is 0 Å². The van der Waals surface area contributed by atoms with Crippen LogP contribution in [0.25, 0.3) is 44.2 Å². The molecule has 4 nitrogen and oxygen atoms in total. The van der Waals surface area contributed by atoms with Crippen LogP contribution in [-0.4, -0.2) is 33.6 Å². The first-order valence-corrected chi connectivity index (χ1v) is 12.1. The summed E-state index contributed by atoms with van der Waals surface area (Å²) in [6.45, 7) is 0. The lowest BCUT2D eigenvalue weighted by atomic mass is 9.89. The van der Waals surface area contributed by atoms with Gasteiger partial charge in [-0.2, -0.15) is 0 Å². The number of hydrogen-bond acceptors (Lipinski definition) is 3. The van der Waals surface area contributed by atoms with Gasteiger partial charge in [0, 0.05) is 28.6 Å². The van der Waals surface area contributed by atoms with Gasteiger partial charge in [0.05, 0.1) is 44.9 Å². The Morgan fingerprint density at radius 3 is 2.60 bits per heavy atom. The number of likely N-dealkylation sites (N-methyl/N-ethyl adjacent to an activating group) is 1. The number of allylic oxidation sites excluding steroid dienone is 2. The minimum absolute atomic E-state index is 0.0784. The van der Waals surface area contributed by atoms with E-state index in [0.717, 1.165) is 27.3 Å². The van der Waals surface area contributed by atoms with Crippen molar-refractivity contribution in [2.45, 2.75) is 12.1 Å². The third kappa shape index (κ3) is 2.46. The van der Waals surface area contributed by atoms with Crippen LogP contribution in [0.15, 0.2) is 114 Å². The van der Waals surface area contributed by atoms with Gasteiger partial charge < -0.3 is 9.47 Å². The molecule has 3 aliphatic rings. The molecule has 35 heavy (non-hydrogen) atoms. The highest BCUT2D eigenvalue weighted by Crippen LogP contribution is 2.43. The normalized spacial score (nSPS) is 20.5. The van der Waals surface area contributed by atoms with Crippen molar-refractivity contribution < 1.29 is 0 Å². The molecule has 0 spiro atoms. The van der Waals surface area contributed by atoms with Gasteiger partial charge in [-0.25, -0.2) is 4.98 Å². The summed E-state index contributed by atoms with van der Waals surface area (Å²) in [6, 6.07) is 27.9. The zero-order valence-corrected chi connectivity index (χ0v) is 19.3. The van der Waals surface area contributed by atoms with Crippen LogP contribution < -0.4 is 10.6 Å². The predicted octanol–water partition coefficient (Wildman–Crippen LogP) is 4.80. The summed E-state index contributed by atoms with van der Waals surface area (Å²) in [5, 5.41) is 4.61. The van der Waals surface area contributed by atoms with E-state index >= 15 is 0 Å². The van der Waals surface area contributed by atoms with E-state index in [1.165, 1.54) is 33.1 Å². The first-order valence-electron chi connectivity index (χ1n) is 12.1. The maximum atomic E-state index is 5.29. The van der Waals surface area contributed by atoms with E-state index in [2.05, 4.69) is 120 Å². The van der Waals surface area contributed by atoms with E-state index in [4.69, 9.17) is 9.98 Å². The number of aromatic nitrogens is 2. The Morgan fingerprint density at radius 2 is 1.63 bits per heavy atom. The minimum atomic E-state index is -0.0784. The molecule has 0 N–H and O–H groups in total. The SMILES string of the molecule is CN1C2=c3ccccc3=NC2C(n2c3ccccc3c3nc4ccccc4cc32)=C2C=CC=CC21. The lowest BCUT2D eigenvalue weighted by molar-refractivity contribution is 0.419. The van der Waals surface area contributed by atoms with E-state index in [-0.39, 0.29) is 12.1 Å². The van der Waals surface area contributed by atoms with E-state index in [1.54, 1.807) is 0 Å². The predicted molar refractivity (Wildman–Crippen MR) is 142 cm³/mol. The molecular weight excluding hydrogens is 428 g/mol. The van der Waals surface area contributed by atoms with Gasteiger partial charge >= 0.3 is 0 Å². The molecule has 0 bridgehead atoms. The van der Waals surface area contributed by atoms with Crippen molar-refractivity contribution in [1.82, 2.24) is 14.5 Å². The summed E-state index contributed by atoms with van der Waals surface area (Å²) in [7, 11) is 2.20. The van der Waals surface area contributed by atoms with Gasteiger partial charge in [-0.3, -0.25) is 4.99 Å². The summed E-state index contributed by atoms with van der Waals surface area (Å²) in [5.41, 5.74) is 8.14. The lowest BCUT2D eigenvalue weighted by Crippen LogP contribution is -2.43. The summed E-state index contributed by atoms with van der Waals surface area (Å²) in [6.07, 6.45) is 8.86. The topological polar surface area (TPSA) is 33.4 Å². The number of para-hydroxylation sites is 3. The maximum absolute atomic E-state index is 5.29. The third-order valence-corrected chi connectivity index (χ3v) is 7.64. The molecule has 166 valence electrons. The Labute approximate surface area is 202 Å². The molecule has 4 heteroatoms. The largest absolute Gasteiger partial charge is 0.365 e. The fourth-order valence-electron chi connectivity index (χ4n) is 6.12. The number of benzene rings is 3. The van der Waals surface area contributed by atoms with Gasteiger partial charge in [0.15, 0.2) is 0 Å². The van der Waals surface area contributed by atoms with Crippen LogP contribution in [0.1, 0.15) is 0 Å². The monoisotopic (exact) mass is 450 g/mol. The standard InChI is InChI=1S/C31H22N4/c1-34-25-16-8-5-13-22(25)31(29-30(34)20-11-3-7-15-24(20)33-29)35-26-17-9-4-12-21(26)28-27(35)18-19-10-2-6-14-23(19)32-28/h2-18,25,29H,1H3. The molecular formula is C31H22N4. The number of nitrogens with zero attached hydrogens (tertiary/aromatic N) is 4. The molecule has 2 atom stereocenters. The van der Waals surface area contributed by atoms with Crippen LogP contribution in [0, 0.1) is 0 Å². The van der Waals surface area contributed by atoms with Crippen LogP contribution in [0.5, 0.6) is 0 Å². The van der Waals surface area contributed by atoms with Crippen molar-refractivity contribution in [3.05, 3.63) is 119 Å². The van der Waals surface area contributed by atoms with Crippen molar-refractivity contribution in [1.29, 1.82) is 0 Å². The Balaban J connectivity index is 1.56. The van der Waals surface area contributed by atoms with Crippen LogP contribution in [0.3, 0.4) is 0 Å². The average molecular weight is 451 g/mol. The van der Waals surface area contributed by atoms with Gasteiger partial charge in [0.1, 0.15) is 6.04 Å². The van der Waals surface area contributed by atoms with Crippen LogP contribution in [0.2, 0.25) is 0 Å². The number of hydrogen-bond donors (Lipinski definition) is 0. The minimum Gasteiger partial charge on any atom is -0.365 e. The Kier molecular flexibility index (Phi) is 3.68. The second kappa shape index (κ2) is 6.80. The van der Waals surface area contributed by atoms with Crippen LogP contribution in [0.4, 0.5) is 0 Å². The van der Waals surface area contributed by atoms with Gasteiger partial charge in [-0.05, 0) is 24.3 Å². The lowest BCUT2D eigenvalue weighted by Gasteiger charge is -2.41. The number of fused-ring (bicyclic) bond motifs is 7. The molecule has 0 fully saturated rings. The van der Waals surface area contributed by atoms with Crippen molar-refractivity contribution in [3.8, 4) is 0 Å². The second-order valence-corrected chi connectivity index (χ2v) is 9.48. The smallest absolute Gasteiger partial charge is 0.132 e. The molecule has 8 rings (SSSR count). The van der Waals surface area contributed by atoms with Gasteiger partial charge in [0.25, 0.3) is 0 Å². The fraction of sp³-hybridized carbons (Fsp3) is 0.0968. The van der Waals surface area contributed by atoms with Crippen LogP contribution >= 0.6 is 0 Å². The molecule has 2 aliphatic heterocycles. The van der Waals surface area contributed by atoms with Crippen molar-refractivity contribution in [2.75, 3.05) is 7.05 Å². The van der Waals surface area contributed by atoms with Gasteiger partial charge in [-0.15, -0.1) is 0 Å². The van der Waals surface area contributed by atoms with E-state index < -0.39 is 0 Å². The first-order chi connectivity index (χ1) is 17.3. The van der Waals surface area contributed by atoms with Crippen LogP contribution in [-0.2, 0) is 0 Å². The molecule has 2 aromatic heterocycles. The molecule has 3 aromatic carbocycles. The molecule has 0 saturated carbocycles. The highest BCUT2D eigenvalue weighted by atomic mass is 15.2. The summed E-state index contributed by atoms with van der Waals surface area (Å²) >= 11 is 0. The molecule has 0 amide bonds. The average Bonchev–Trinajstić information content (AvgIpc) is 3.44.